The van der Waals surface area contributed by atoms with Gasteiger partial charge in [0.1, 0.15) is 18.5 Å². The largest absolute Gasteiger partial charge is 0.491 e. The van der Waals surface area contributed by atoms with E-state index >= 15 is 0 Å². The Hall–Kier alpha value is -1.02. The first-order chi connectivity index (χ1) is 9.15. The molecule has 1 aromatic carbocycles. The second-order valence-electron chi connectivity index (χ2n) is 4.34. The Morgan fingerprint density at radius 2 is 2.11 bits per heavy atom. The summed E-state index contributed by atoms with van der Waals surface area (Å²) >= 11 is 3.36. The van der Waals surface area contributed by atoms with Crippen molar-refractivity contribution < 1.29 is 9.84 Å². The highest BCUT2D eigenvalue weighted by Crippen LogP contribution is 2.16. The first kappa shape index (κ1) is 16.0. The summed E-state index contributed by atoms with van der Waals surface area (Å²) in [5.41, 5.74) is 0. The second-order valence-corrected chi connectivity index (χ2v) is 5.26. The van der Waals surface area contributed by atoms with E-state index in [4.69, 9.17) is 11.2 Å². The van der Waals surface area contributed by atoms with E-state index in [1.54, 1.807) is 0 Å². The summed E-state index contributed by atoms with van der Waals surface area (Å²) in [4.78, 5) is 0. The van der Waals surface area contributed by atoms with Gasteiger partial charge in [0.15, 0.2) is 0 Å². The second kappa shape index (κ2) is 8.98. The SMILES string of the molecule is C#CCC(CC)NCC(O)COc1ccc(Br)cc1. The summed E-state index contributed by atoms with van der Waals surface area (Å²) in [5, 5.41) is 13.1. The van der Waals surface area contributed by atoms with Gasteiger partial charge in [0.25, 0.3) is 0 Å². The van der Waals surface area contributed by atoms with E-state index < -0.39 is 6.10 Å². The molecule has 0 saturated heterocycles. The maximum atomic E-state index is 9.83. The van der Waals surface area contributed by atoms with Crippen LogP contribution >= 0.6 is 15.9 Å². The molecule has 0 spiro atoms. The van der Waals surface area contributed by atoms with Crippen LogP contribution in [0.5, 0.6) is 5.75 Å². The molecule has 3 nitrogen and oxygen atoms in total. The maximum Gasteiger partial charge on any atom is 0.119 e. The fraction of sp³-hybridized carbons (Fsp3) is 0.467. The van der Waals surface area contributed by atoms with Gasteiger partial charge >= 0.3 is 0 Å². The van der Waals surface area contributed by atoms with Crippen LogP contribution in [0.4, 0.5) is 0 Å². The summed E-state index contributed by atoms with van der Waals surface area (Å²) in [6.07, 6.45) is 6.36. The molecule has 2 atom stereocenters. The van der Waals surface area contributed by atoms with E-state index in [9.17, 15) is 5.11 Å². The van der Waals surface area contributed by atoms with Gasteiger partial charge in [-0.15, -0.1) is 12.3 Å². The predicted molar refractivity (Wildman–Crippen MR) is 81.2 cm³/mol. The van der Waals surface area contributed by atoms with Crippen molar-refractivity contribution in [1.82, 2.24) is 5.32 Å². The first-order valence-corrected chi connectivity index (χ1v) is 7.18. The summed E-state index contributed by atoms with van der Waals surface area (Å²) in [5.74, 6) is 3.37. The zero-order valence-electron chi connectivity index (χ0n) is 11.1. The fourth-order valence-electron chi connectivity index (χ4n) is 1.59. The predicted octanol–water partition coefficient (Wildman–Crippen LogP) is 2.58. The molecule has 0 saturated carbocycles. The first-order valence-electron chi connectivity index (χ1n) is 6.39. The molecule has 0 bridgehead atoms. The topological polar surface area (TPSA) is 41.5 Å². The lowest BCUT2D eigenvalue weighted by atomic mass is 10.1. The molecule has 0 fully saturated rings. The third kappa shape index (κ3) is 6.63. The average molecular weight is 326 g/mol. The molecule has 1 aromatic rings. The van der Waals surface area contributed by atoms with E-state index in [1.165, 1.54) is 0 Å². The molecule has 2 N–H and O–H groups in total. The number of halogens is 1. The Labute approximate surface area is 123 Å². The molecule has 1 rings (SSSR count). The molecule has 0 aliphatic heterocycles. The zero-order chi connectivity index (χ0) is 14.1. The van der Waals surface area contributed by atoms with E-state index in [0.29, 0.717) is 13.0 Å². The molecule has 4 heteroatoms. The van der Waals surface area contributed by atoms with Crippen molar-refractivity contribution in [2.45, 2.75) is 31.9 Å². The van der Waals surface area contributed by atoms with Crippen molar-refractivity contribution >= 4 is 15.9 Å². The minimum absolute atomic E-state index is 0.257. The number of ether oxygens (including phenoxy) is 1. The van der Waals surface area contributed by atoms with Crippen LogP contribution in [0.2, 0.25) is 0 Å². The van der Waals surface area contributed by atoms with Crippen LogP contribution in [0, 0.1) is 12.3 Å². The van der Waals surface area contributed by atoms with E-state index in [-0.39, 0.29) is 12.6 Å². The van der Waals surface area contributed by atoms with Gasteiger partial charge in [-0.1, -0.05) is 22.9 Å². The summed E-state index contributed by atoms with van der Waals surface area (Å²) < 4.78 is 6.50. The van der Waals surface area contributed by atoms with Gasteiger partial charge in [-0.3, -0.25) is 0 Å². The number of rotatable bonds is 8. The number of hydrogen-bond donors (Lipinski definition) is 2. The van der Waals surface area contributed by atoms with Crippen LogP contribution in [-0.4, -0.2) is 30.4 Å². The van der Waals surface area contributed by atoms with Crippen LogP contribution in [0.1, 0.15) is 19.8 Å². The normalized spacial score (nSPS) is 13.6. The van der Waals surface area contributed by atoms with Crippen molar-refractivity contribution in [2.24, 2.45) is 0 Å². The molecule has 0 aliphatic carbocycles. The van der Waals surface area contributed by atoms with Gasteiger partial charge in [0.05, 0.1) is 0 Å². The van der Waals surface area contributed by atoms with Crippen LogP contribution < -0.4 is 10.1 Å². The Balaban J connectivity index is 2.26. The van der Waals surface area contributed by atoms with Crippen LogP contribution in [0.15, 0.2) is 28.7 Å². The number of nitrogens with one attached hydrogen (secondary N) is 1. The summed E-state index contributed by atoms with van der Waals surface area (Å²) in [6.45, 7) is 2.82. The zero-order valence-corrected chi connectivity index (χ0v) is 12.7. The van der Waals surface area contributed by atoms with Gasteiger partial charge in [-0.25, -0.2) is 0 Å². The number of aliphatic hydroxyl groups excluding tert-OH is 1. The van der Waals surface area contributed by atoms with Gasteiger partial charge in [0, 0.05) is 23.5 Å². The lowest BCUT2D eigenvalue weighted by Gasteiger charge is -2.18. The molecule has 0 radical (unpaired) electrons. The molecular formula is C15H20BrNO2. The quantitative estimate of drug-likeness (QED) is 0.722. The van der Waals surface area contributed by atoms with Crippen LogP contribution in [0.3, 0.4) is 0 Å². The molecule has 19 heavy (non-hydrogen) atoms. The smallest absolute Gasteiger partial charge is 0.119 e. The molecule has 0 heterocycles. The highest BCUT2D eigenvalue weighted by atomic mass is 79.9. The number of aliphatic hydroxyl groups is 1. The third-order valence-electron chi connectivity index (χ3n) is 2.76. The Morgan fingerprint density at radius 3 is 2.68 bits per heavy atom. The van der Waals surface area contributed by atoms with Gasteiger partial charge in [-0.05, 0) is 30.7 Å². The lowest BCUT2D eigenvalue weighted by Crippen LogP contribution is -2.37. The van der Waals surface area contributed by atoms with Crippen LogP contribution in [0.25, 0.3) is 0 Å². The third-order valence-corrected chi connectivity index (χ3v) is 3.28. The van der Waals surface area contributed by atoms with Crippen molar-refractivity contribution in [3.05, 3.63) is 28.7 Å². The Kier molecular flexibility index (Phi) is 7.57. The maximum absolute atomic E-state index is 9.83. The standard InChI is InChI=1S/C15H20BrNO2/c1-3-5-13(4-2)17-10-14(18)11-19-15-8-6-12(16)7-9-15/h1,6-9,13-14,17-18H,4-5,10-11H2,2H3. The monoisotopic (exact) mass is 325 g/mol. The van der Waals surface area contributed by atoms with Crippen molar-refractivity contribution in [3.63, 3.8) is 0 Å². The molecule has 0 amide bonds. The van der Waals surface area contributed by atoms with Crippen molar-refractivity contribution in [1.29, 1.82) is 0 Å². The minimum Gasteiger partial charge on any atom is -0.491 e. The fourth-order valence-corrected chi connectivity index (χ4v) is 1.85. The molecule has 2 unspecified atom stereocenters. The highest BCUT2D eigenvalue weighted by Gasteiger charge is 2.09. The van der Waals surface area contributed by atoms with Gasteiger partial charge < -0.3 is 15.2 Å². The molecule has 0 aliphatic rings. The minimum atomic E-state index is -0.546. The number of benzene rings is 1. The Bertz CT molecular complexity index is 400. The lowest BCUT2D eigenvalue weighted by molar-refractivity contribution is 0.103. The van der Waals surface area contributed by atoms with Gasteiger partial charge in [0.2, 0.25) is 0 Å². The number of terminal acetylenes is 1. The summed E-state index contributed by atoms with van der Waals surface area (Å²) in [6, 6.07) is 7.78. The number of hydrogen-bond acceptors (Lipinski definition) is 3. The molecule has 0 aromatic heterocycles. The molecule has 104 valence electrons. The van der Waals surface area contributed by atoms with E-state index in [2.05, 4.69) is 34.1 Å². The van der Waals surface area contributed by atoms with Crippen LogP contribution in [-0.2, 0) is 0 Å². The van der Waals surface area contributed by atoms with E-state index in [1.807, 2.05) is 24.3 Å². The van der Waals surface area contributed by atoms with E-state index in [0.717, 1.165) is 16.6 Å². The average Bonchev–Trinajstić information content (AvgIpc) is 2.42. The molecular weight excluding hydrogens is 306 g/mol. The van der Waals surface area contributed by atoms with Crippen molar-refractivity contribution in [2.75, 3.05) is 13.2 Å². The Morgan fingerprint density at radius 1 is 1.42 bits per heavy atom. The summed E-state index contributed by atoms with van der Waals surface area (Å²) in [7, 11) is 0. The van der Waals surface area contributed by atoms with Gasteiger partial charge in [-0.2, -0.15) is 0 Å². The van der Waals surface area contributed by atoms with Crippen molar-refractivity contribution in [3.8, 4) is 18.1 Å². The highest BCUT2D eigenvalue weighted by molar-refractivity contribution is 9.10.